The topological polar surface area (TPSA) is 47.9 Å². The Morgan fingerprint density at radius 3 is 2.26 bits per heavy atom. The maximum Gasteiger partial charge on any atom is 0.262 e. The van der Waals surface area contributed by atoms with Crippen molar-refractivity contribution in [2.45, 2.75) is 46.0 Å². The van der Waals surface area contributed by atoms with Crippen molar-refractivity contribution in [3.63, 3.8) is 0 Å². The molecular weight excluding hydrogens is 456 g/mol. The highest BCUT2D eigenvalue weighted by atomic mass is 32.1. The number of fused-ring (bicyclic) bond motifs is 8. The molecule has 7 rings (SSSR count). The molecule has 2 atom stereocenters. The predicted octanol–water partition coefficient (Wildman–Crippen LogP) is 8.02. The highest BCUT2D eigenvalue weighted by Crippen LogP contribution is 2.70. The first-order valence-corrected chi connectivity index (χ1v) is 12.9. The Labute approximate surface area is 208 Å². The Hall–Kier alpha value is -2.70. The molecule has 0 aliphatic carbocycles. The molecule has 4 nitrogen and oxygen atoms in total. The van der Waals surface area contributed by atoms with E-state index >= 15 is 0 Å². The van der Waals surface area contributed by atoms with Crippen LogP contribution in [0.4, 0.5) is 0 Å². The van der Waals surface area contributed by atoms with Gasteiger partial charge < -0.3 is 9.84 Å². The lowest BCUT2D eigenvalue weighted by Crippen LogP contribution is -2.73. The number of ether oxygens (including phenoxy) is 1. The Morgan fingerprint density at radius 2 is 1.54 bits per heavy atom. The summed E-state index contributed by atoms with van der Waals surface area (Å²) in [5.41, 5.74) is -0.470. The van der Waals surface area contributed by atoms with Crippen LogP contribution in [0.5, 0.6) is 5.75 Å². The molecule has 0 spiro atoms. The van der Waals surface area contributed by atoms with Crippen molar-refractivity contribution in [1.82, 2.24) is 0 Å². The third-order valence-corrected chi connectivity index (χ3v) is 9.31. The molecule has 0 saturated carbocycles. The third-order valence-electron chi connectivity index (χ3n) is 8.19. The summed E-state index contributed by atoms with van der Waals surface area (Å²) in [6.45, 7) is 11.3. The van der Waals surface area contributed by atoms with Crippen LogP contribution in [-0.4, -0.2) is 17.3 Å². The maximum absolute atomic E-state index is 11.0. The molecule has 2 fully saturated rings. The van der Waals surface area contributed by atoms with Crippen molar-refractivity contribution >= 4 is 53.1 Å². The number of thiophene rings is 1. The molecule has 1 N–H and O–H groups in total. The van der Waals surface area contributed by atoms with E-state index in [9.17, 15) is 5.11 Å². The molecule has 5 heteroatoms. The van der Waals surface area contributed by atoms with Gasteiger partial charge in [-0.05, 0) is 45.8 Å². The standard InChI is InChI=1S/C30H28O4S/c1-27(2,3)30-28(4,5)16-32-29(30,33-34-30)22-15-18(31)14-21-20(22)11-13-24-26(21)25-19-9-7-6-8-17(19)10-12-23(25)35-24/h6-15,31H,16H2,1-5H3. The fourth-order valence-electron chi connectivity index (χ4n) is 6.94. The van der Waals surface area contributed by atoms with Crippen LogP contribution in [0, 0.1) is 10.8 Å². The molecule has 178 valence electrons. The van der Waals surface area contributed by atoms with Crippen molar-refractivity contribution in [3.05, 3.63) is 66.2 Å². The van der Waals surface area contributed by atoms with E-state index < -0.39 is 11.4 Å². The van der Waals surface area contributed by atoms with Gasteiger partial charge in [-0.3, -0.25) is 0 Å². The third kappa shape index (κ3) is 2.42. The predicted molar refractivity (Wildman–Crippen MR) is 142 cm³/mol. The van der Waals surface area contributed by atoms with E-state index in [2.05, 4.69) is 83.1 Å². The van der Waals surface area contributed by atoms with Crippen molar-refractivity contribution in [2.75, 3.05) is 6.61 Å². The van der Waals surface area contributed by atoms with E-state index in [0.717, 1.165) is 21.7 Å². The number of phenolic OH excluding ortho intramolecular Hbond substituents is 1. The Balaban J connectivity index is 1.62. The minimum absolute atomic E-state index is 0.195. The Morgan fingerprint density at radius 1 is 0.829 bits per heavy atom. The second-order valence-electron chi connectivity index (χ2n) is 11.7. The fourth-order valence-corrected chi connectivity index (χ4v) is 8.08. The van der Waals surface area contributed by atoms with Crippen LogP contribution in [-0.2, 0) is 20.3 Å². The average molecular weight is 485 g/mol. The van der Waals surface area contributed by atoms with Gasteiger partial charge in [0.05, 0.1) is 6.61 Å². The van der Waals surface area contributed by atoms with E-state index in [1.54, 1.807) is 17.4 Å². The first-order chi connectivity index (χ1) is 16.6. The number of hydrogen-bond acceptors (Lipinski definition) is 5. The van der Waals surface area contributed by atoms with E-state index in [1.807, 2.05) is 6.07 Å². The number of hydrogen-bond donors (Lipinski definition) is 1. The van der Waals surface area contributed by atoms with Crippen LogP contribution in [0.25, 0.3) is 41.7 Å². The van der Waals surface area contributed by atoms with Gasteiger partial charge in [0.1, 0.15) is 5.75 Å². The van der Waals surface area contributed by atoms with E-state index in [-0.39, 0.29) is 16.6 Å². The molecule has 4 aromatic carbocycles. The molecule has 5 aromatic rings. The van der Waals surface area contributed by atoms with E-state index in [4.69, 9.17) is 14.5 Å². The molecule has 2 aliphatic heterocycles. The lowest BCUT2D eigenvalue weighted by Gasteiger charge is -2.61. The summed E-state index contributed by atoms with van der Waals surface area (Å²) in [4.78, 5) is 12.0. The Bertz CT molecular complexity index is 1690. The van der Waals surface area contributed by atoms with Gasteiger partial charge in [-0.1, -0.05) is 71.0 Å². The van der Waals surface area contributed by atoms with Crippen molar-refractivity contribution in [3.8, 4) is 5.75 Å². The molecule has 35 heavy (non-hydrogen) atoms. The summed E-state index contributed by atoms with van der Waals surface area (Å²) in [7, 11) is 0. The first kappa shape index (κ1) is 21.6. The van der Waals surface area contributed by atoms with Crippen LogP contribution < -0.4 is 0 Å². The van der Waals surface area contributed by atoms with Crippen molar-refractivity contribution < 1.29 is 19.6 Å². The summed E-state index contributed by atoms with van der Waals surface area (Å²) >= 11 is 1.78. The van der Waals surface area contributed by atoms with Crippen molar-refractivity contribution in [1.29, 1.82) is 0 Å². The number of benzene rings is 4. The molecule has 2 saturated heterocycles. The fraction of sp³-hybridized carbons (Fsp3) is 0.333. The summed E-state index contributed by atoms with van der Waals surface area (Å²) in [5, 5.41) is 17.9. The smallest absolute Gasteiger partial charge is 0.262 e. The second kappa shape index (κ2) is 6.54. The quantitative estimate of drug-likeness (QED) is 0.245. The lowest BCUT2D eigenvalue weighted by atomic mass is 9.57. The van der Waals surface area contributed by atoms with Gasteiger partial charge in [0.25, 0.3) is 5.79 Å². The van der Waals surface area contributed by atoms with E-state index in [1.165, 1.54) is 25.6 Å². The molecule has 2 aliphatic rings. The van der Waals surface area contributed by atoms with Gasteiger partial charge in [0.2, 0.25) is 0 Å². The zero-order valence-electron chi connectivity index (χ0n) is 20.6. The zero-order valence-corrected chi connectivity index (χ0v) is 21.4. The summed E-state index contributed by atoms with van der Waals surface area (Å²) < 4.78 is 8.96. The SMILES string of the molecule is CC(C)(C)C12OOC1(c1cc(O)cc3c1ccc1sc4ccc5ccccc5c4c13)OCC2(C)C. The zero-order chi connectivity index (χ0) is 24.4. The normalized spacial score (nSPS) is 26.0. The highest BCUT2D eigenvalue weighted by Gasteiger charge is 2.81. The minimum atomic E-state index is -1.10. The highest BCUT2D eigenvalue weighted by molar-refractivity contribution is 7.26. The summed E-state index contributed by atoms with van der Waals surface area (Å²) in [6, 6.07) is 20.9. The van der Waals surface area contributed by atoms with Gasteiger partial charge in [0.15, 0.2) is 5.60 Å². The van der Waals surface area contributed by atoms with Gasteiger partial charge in [0, 0.05) is 36.6 Å². The van der Waals surface area contributed by atoms with E-state index in [0.29, 0.717) is 6.61 Å². The number of rotatable bonds is 1. The largest absolute Gasteiger partial charge is 0.508 e. The monoisotopic (exact) mass is 484 g/mol. The lowest BCUT2D eigenvalue weighted by molar-refractivity contribution is -0.626. The molecule has 2 unspecified atom stereocenters. The number of aromatic hydroxyl groups is 1. The molecule has 0 radical (unpaired) electrons. The van der Waals surface area contributed by atoms with Crippen LogP contribution in [0.2, 0.25) is 0 Å². The summed E-state index contributed by atoms with van der Waals surface area (Å²) in [6.07, 6.45) is 0. The molecule has 0 amide bonds. The van der Waals surface area contributed by atoms with Crippen LogP contribution in [0.15, 0.2) is 60.7 Å². The first-order valence-electron chi connectivity index (χ1n) is 12.1. The van der Waals surface area contributed by atoms with Crippen LogP contribution in [0.3, 0.4) is 0 Å². The average Bonchev–Trinajstić information content (AvgIpc) is 3.24. The number of phenols is 1. The molecule has 1 aromatic heterocycles. The summed E-state index contributed by atoms with van der Waals surface area (Å²) in [5.74, 6) is -0.909. The molecular formula is C30H28O4S. The maximum atomic E-state index is 11.0. The van der Waals surface area contributed by atoms with Gasteiger partial charge in [-0.25, -0.2) is 4.89 Å². The molecule has 0 bridgehead atoms. The minimum Gasteiger partial charge on any atom is -0.508 e. The van der Waals surface area contributed by atoms with Crippen LogP contribution in [0.1, 0.15) is 40.2 Å². The second-order valence-corrected chi connectivity index (χ2v) is 12.8. The van der Waals surface area contributed by atoms with Gasteiger partial charge in [-0.15, -0.1) is 11.3 Å². The van der Waals surface area contributed by atoms with Crippen LogP contribution >= 0.6 is 11.3 Å². The van der Waals surface area contributed by atoms with Gasteiger partial charge in [-0.2, -0.15) is 4.89 Å². The Kier molecular flexibility index (Phi) is 4.03. The molecule has 3 heterocycles. The van der Waals surface area contributed by atoms with Gasteiger partial charge >= 0.3 is 0 Å². The van der Waals surface area contributed by atoms with Crippen molar-refractivity contribution in [2.24, 2.45) is 10.8 Å².